The van der Waals surface area contributed by atoms with Crippen LogP contribution in [0.2, 0.25) is 0 Å². The molecular weight excluding hydrogens is 307 g/mol. The molecule has 0 aliphatic carbocycles. The van der Waals surface area contributed by atoms with Crippen LogP contribution in [-0.2, 0) is 6.54 Å². The Hall–Kier alpha value is -2.08. The molecule has 1 heterocycles. The summed E-state index contributed by atoms with van der Waals surface area (Å²) in [6.07, 6.45) is 0.988. The van der Waals surface area contributed by atoms with Gasteiger partial charge in [0, 0.05) is 36.2 Å². The third-order valence-corrected chi connectivity index (χ3v) is 4.48. The minimum atomic E-state index is -0.259. The smallest absolute Gasteiger partial charge is 0.317 e. The topological polar surface area (TPSA) is 51.4 Å². The lowest BCUT2D eigenvalue weighted by atomic mass is 10.2. The molecule has 2 rings (SSSR count). The predicted molar refractivity (Wildman–Crippen MR) is 95.5 cm³/mol. The third kappa shape index (κ3) is 4.47. The van der Waals surface area contributed by atoms with Crippen molar-refractivity contribution in [3.8, 4) is 0 Å². The molecule has 0 fully saturated rings. The van der Waals surface area contributed by atoms with Gasteiger partial charge in [-0.3, -0.25) is 0 Å². The molecule has 0 aliphatic rings. The summed E-state index contributed by atoms with van der Waals surface area (Å²) in [6, 6.07) is 6.73. The van der Waals surface area contributed by atoms with E-state index in [4.69, 9.17) is 0 Å². The molecule has 5 nitrogen and oxygen atoms in total. The number of carbonyl (C=O) groups is 1. The van der Waals surface area contributed by atoms with Gasteiger partial charge in [-0.05, 0) is 44.3 Å². The molecular formula is C18H27FN4O. The number of aromatic amines is 1. The average Bonchev–Trinajstić information content (AvgIpc) is 2.95. The maximum absolute atomic E-state index is 13.2. The van der Waals surface area contributed by atoms with Gasteiger partial charge in [0.1, 0.15) is 5.82 Å². The van der Waals surface area contributed by atoms with Crippen LogP contribution in [-0.4, -0.2) is 54.0 Å². The molecule has 132 valence electrons. The summed E-state index contributed by atoms with van der Waals surface area (Å²) < 4.78 is 13.2. The van der Waals surface area contributed by atoms with Gasteiger partial charge in [-0.15, -0.1) is 0 Å². The maximum Gasteiger partial charge on any atom is 0.317 e. The Morgan fingerprint density at radius 2 is 2.04 bits per heavy atom. The first kappa shape index (κ1) is 18.3. The van der Waals surface area contributed by atoms with E-state index in [0.29, 0.717) is 19.1 Å². The summed E-state index contributed by atoms with van der Waals surface area (Å²) in [5, 5.41) is 3.80. The van der Waals surface area contributed by atoms with Crippen LogP contribution in [0.3, 0.4) is 0 Å². The number of hydrogen-bond donors (Lipinski definition) is 2. The number of amides is 2. The van der Waals surface area contributed by atoms with Gasteiger partial charge >= 0.3 is 6.03 Å². The summed E-state index contributed by atoms with van der Waals surface area (Å²) in [5.74, 6) is -0.259. The van der Waals surface area contributed by atoms with Crippen molar-refractivity contribution < 1.29 is 9.18 Å². The minimum Gasteiger partial charge on any atom is -0.357 e. The first-order valence-corrected chi connectivity index (χ1v) is 8.40. The van der Waals surface area contributed by atoms with Crippen molar-refractivity contribution in [2.45, 2.75) is 32.9 Å². The Morgan fingerprint density at radius 1 is 1.29 bits per heavy atom. The fraction of sp³-hybridized carbons (Fsp3) is 0.500. The second kappa shape index (κ2) is 8.15. The lowest BCUT2D eigenvalue weighted by Gasteiger charge is -2.27. The van der Waals surface area contributed by atoms with E-state index in [1.165, 1.54) is 12.1 Å². The zero-order chi connectivity index (χ0) is 17.7. The Balaban J connectivity index is 1.92. The first-order chi connectivity index (χ1) is 11.4. The third-order valence-electron chi connectivity index (χ3n) is 4.48. The molecule has 0 unspecified atom stereocenters. The van der Waals surface area contributed by atoms with E-state index in [9.17, 15) is 9.18 Å². The van der Waals surface area contributed by atoms with Gasteiger partial charge in [-0.2, -0.15) is 0 Å². The lowest BCUT2D eigenvalue weighted by Crippen LogP contribution is -2.45. The molecule has 1 atom stereocenters. The van der Waals surface area contributed by atoms with Crippen molar-refractivity contribution in [2.75, 3.05) is 27.2 Å². The van der Waals surface area contributed by atoms with Crippen LogP contribution in [0.5, 0.6) is 0 Å². The van der Waals surface area contributed by atoms with Crippen LogP contribution >= 0.6 is 0 Å². The quantitative estimate of drug-likeness (QED) is 0.817. The van der Waals surface area contributed by atoms with Crippen LogP contribution in [0.4, 0.5) is 9.18 Å². The molecule has 24 heavy (non-hydrogen) atoms. The zero-order valence-electron chi connectivity index (χ0n) is 14.9. The van der Waals surface area contributed by atoms with E-state index in [0.717, 1.165) is 29.6 Å². The molecule has 0 radical (unpaired) electrons. The normalized spacial score (nSPS) is 12.6. The van der Waals surface area contributed by atoms with Crippen LogP contribution in [0.15, 0.2) is 24.3 Å². The number of carbonyl (C=O) groups excluding carboxylic acids is 1. The molecule has 0 bridgehead atoms. The van der Waals surface area contributed by atoms with Crippen molar-refractivity contribution in [3.63, 3.8) is 0 Å². The molecule has 0 spiro atoms. The second-order valence-electron chi connectivity index (χ2n) is 6.20. The Bertz CT molecular complexity index is 685. The fourth-order valence-electron chi connectivity index (χ4n) is 2.79. The van der Waals surface area contributed by atoms with E-state index in [1.54, 1.807) is 18.0 Å². The van der Waals surface area contributed by atoms with Gasteiger partial charge in [0.2, 0.25) is 0 Å². The number of fused-ring (bicyclic) bond motifs is 1. The number of halogens is 1. The number of aromatic nitrogens is 1. The summed E-state index contributed by atoms with van der Waals surface area (Å²) in [6.45, 7) is 6.26. The van der Waals surface area contributed by atoms with E-state index in [2.05, 4.69) is 36.1 Å². The highest BCUT2D eigenvalue weighted by molar-refractivity contribution is 5.80. The van der Waals surface area contributed by atoms with Crippen molar-refractivity contribution in [3.05, 3.63) is 35.8 Å². The van der Waals surface area contributed by atoms with Crippen LogP contribution in [0.25, 0.3) is 10.9 Å². The summed E-state index contributed by atoms with van der Waals surface area (Å²) in [5.41, 5.74) is 1.75. The summed E-state index contributed by atoms with van der Waals surface area (Å²) in [7, 11) is 3.82. The number of hydrogen-bond acceptors (Lipinski definition) is 2. The number of benzene rings is 1. The van der Waals surface area contributed by atoms with Crippen molar-refractivity contribution in [1.29, 1.82) is 0 Å². The van der Waals surface area contributed by atoms with Crippen LogP contribution < -0.4 is 5.32 Å². The molecule has 2 aromatic rings. The number of rotatable bonds is 7. The maximum atomic E-state index is 13.2. The molecule has 0 aliphatic heterocycles. The summed E-state index contributed by atoms with van der Waals surface area (Å²) >= 11 is 0. The predicted octanol–water partition coefficient (Wildman–Crippen LogP) is 3.18. The lowest BCUT2D eigenvalue weighted by molar-refractivity contribution is 0.195. The monoisotopic (exact) mass is 334 g/mol. The zero-order valence-corrected chi connectivity index (χ0v) is 14.9. The van der Waals surface area contributed by atoms with Crippen molar-refractivity contribution in [1.82, 2.24) is 20.1 Å². The van der Waals surface area contributed by atoms with Gasteiger partial charge in [-0.1, -0.05) is 13.8 Å². The van der Waals surface area contributed by atoms with Crippen LogP contribution in [0, 0.1) is 5.82 Å². The molecule has 0 saturated heterocycles. The van der Waals surface area contributed by atoms with Gasteiger partial charge in [0.15, 0.2) is 0 Å². The number of nitrogens with one attached hydrogen (secondary N) is 2. The highest BCUT2D eigenvalue weighted by Crippen LogP contribution is 2.17. The molecule has 1 aromatic heterocycles. The van der Waals surface area contributed by atoms with Gasteiger partial charge in [0.05, 0.1) is 6.54 Å². The van der Waals surface area contributed by atoms with E-state index in [-0.39, 0.29) is 11.8 Å². The Morgan fingerprint density at radius 3 is 2.71 bits per heavy atom. The first-order valence-electron chi connectivity index (χ1n) is 8.40. The van der Waals surface area contributed by atoms with Crippen molar-refractivity contribution in [2.24, 2.45) is 0 Å². The van der Waals surface area contributed by atoms with Crippen molar-refractivity contribution >= 4 is 16.9 Å². The number of H-pyrrole nitrogens is 1. The largest absolute Gasteiger partial charge is 0.357 e. The molecule has 1 aromatic carbocycles. The highest BCUT2D eigenvalue weighted by atomic mass is 19.1. The Labute approximate surface area is 142 Å². The Kier molecular flexibility index (Phi) is 6.20. The minimum absolute atomic E-state index is 0.109. The SMILES string of the molecule is CC[C@@H](CNC(=O)N(C)Cc1cc2cc(F)ccc2[nH]1)N(C)CC. The van der Waals surface area contributed by atoms with Gasteiger partial charge in [-0.25, -0.2) is 9.18 Å². The standard InChI is InChI=1S/C18H27FN4O/c1-5-16(22(3)6-2)11-20-18(24)23(4)12-15-10-13-9-14(19)7-8-17(13)21-15/h7-10,16,21H,5-6,11-12H2,1-4H3,(H,20,24)/t16-/m0/s1. The van der Waals surface area contributed by atoms with E-state index >= 15 is 0 Å². The number of nitrogens with zero attached hydrogens (tertiary/aromatic N) is 2. The molecule has 2 N–H and O–H groups in total. The number of likely N-dealkylation sites (N-methyl/N-ethyl adjacent to an activating group) is 1. The number of urea groups is 1. The van der Waals surface area contributed by atoms with E-state index < -0.39 is 0 Å². The van der Waals surface area contributed by atoms with Crippen LogP contribution in [0.1, 0.15) is 26.0 Å². The van der Waals surface area contributed by atoms with Gasteiger partial charge < -0.3 is 20.1 Å². The second-order valence-corrected chi connectivity index (χ2v) is 6.20. The molecule has 2 amide bonds. The average molecular weight is 334 g/mol. The molecule has 6 heteroatoms. The fourth-order valence-corrected chi connectivity index (χ4v) is 2.79. The van der Waals surface area contributed by atoms with E-state index in [1.807, 2.05) is 6.07 Å². The highest BCUT2D eigenvalue weighted by Gasteiger charge is 2.15. The summed E-state index contributed by atoms with van der Waals surface area (Å²) in [4.78, 5) is 19.3. The van der Waals surface area contributed by atoms with Gasteiger partial charge in [0.25, 0.3) is 0 Å². The molecule has 0 saturated carbocycles.